The van der Waals surface area contributed by atoms with Gasteiger partial charge in [-0.3, -0.25) is 9.78 Å². The first kappa shape index (κ1) is 24.6. The molecule has 182 valence electrons. The number of alkyl halides is 3. The van der Waals surface area contributed by atoms with E-state index in [1.165, 1.54) is 35.6 Å². The van der Waals surface area contributed by atoms with E-state index < -0.39 is 39.1 Å². The lowest BCUT2D eigenvalue weighted by atomic mass is 10.2. The normalized spacial score (nSPS) is 12.0. The summed E-state index contributed by atoms with van der Waals surface area (Å²) in [6.45, 7) is -1.62. The summed E-state index contributed by atoms with van der Waals surface area (Å²) in [5.41, 5.74) is 0.619. The minimum absolute atomic E-state index is 0.137. The largest absolute Gasteiger partial charge is 0.481 e. The lowest BCUT2D eigenvalue weighted by Gasteiger charge is -2.12. The third-order valence-electron chi connectivity index (χ3n) is 4.84. The Morgan fingerprint density at radius 3 is 2.43 bits per heavy atom. The number of ether oxygens (including phenoxy) is 1. The SMILES string of the molecule is O=C(NCc1ccc(S(=O)(=O)c2ccc(F)c(OCC(F)(F)F)c2)cc1)c1cc2ccncc2s1. The van der Waals surface area contributed by atoms with E-state index in [1.54, 1.807) is 24.5 Å². The number of thiophene rings is 1. The second-order valence-corrected chi connectivity index (χ2v) is 10.4. The maximum Gasteiger partial charge on any atom is 0.422 e. The topological polar surface area (TPSA) is 85.4 Å². The summed E-state index contributed by atoms with van der Waals surface area (Å²) in [4.78, 5) is 16.4. The minimum Gasteiger partial charge on any atom is -0.481 e. The van der Waals surface area contributed by atoms with E-state index in [2.05, 4.69) is 15.0 Å². The Kier molecular flexibility index (Phi) is 6.77. The quantitative estimate of drug-likeness (QED) is 0.267. The van der Waals surface area contributed by atoms with E-state index in [9.17, 15) is 30.8 Å². The van der Waals surface area contributed by atoms with Crippen molar-refractivity contribution in [1.82, 2.24) is 10.3 Å². The molecule has 1 amide bonds. The van der Waals surface area contributed by atoms with Gasteiger partial charge in [0, 0.05) is 25.0 Å². The number of hydrogen-bond donors (Lipinski definition) is 1. The van der Waals surface area contributed by atoms with Gasteiger partial charge < -0.3 is 10.1 Å². The molecular formula is C23H16F4N2O4S2. The van der Waals surface area contributed by atoms with Crippen molar-refractivity contribution in [3.63, 3.8) is 0 Å². The molecule has 35 heavy (non-hydrogen) atoms. The van der Waals surface area contributed by atoms with E-state index in [0.717, 1.165) is 22.2 Å². The van der Waals surface area contributed by atoms with Crippen molar-refractivity contribution in [2.24, 2.45) is 0 Å². The van der Waals surface area contributed by atoms with Gasteiger partial charge in [0.1, 0.15) is 0 Å². The first-order valence-corrected chi connectivity index (χ1v) is 12.3. The number of fused-ring (bicyclic) bond motifs is 1. The summed E-state index contributed by atoms with van der Waals surface area (Å²) in [5.74, 6) is -2.23. The Labute approximate surface area is 201 Å². The summed E-state index contributed by atoms with van der Waals surface area (Å²) in [6, 6.07) is 11.5. The van der Waals surface area contributed by atoms with E-state index >= 15 is 0 Å². The zero-order valence-electron chi connectivity index (χ0n) is 17.7. The number of rotatable bonds is 7. The van der Waals surface area contributed by atoms with Crippen molar-refractivity contribution >= 4 is 37.2 Å². The highest BCUT2D eigenvalue weighted by Gasteiger charge is 2.29. The molecule has 0 unspecified atom stereocenters. The van der Waals surface area contributed by atoms with Gasteiger partial charge in [0.2, 0.25) is 9.84 Å². The lowest BCUT2D eigenvalue weighted by Crippen LogP contribution is -2.21. The number of nitrogens with zero attached hydrogens (tertiary/aromatic N) is 1. The number of carbonyl (C=O) groups is 1. The molecule has 0 aliphatic carbocycles. The van der Waals surface area contributed by atoms with Crippen LogP contribution in [0.15, 0.2) is 76.8 Å². The molecule has 0 radical (unpaired) electrons. The molecule has 6 nitrogen and oxygen atoms in total. The van der Waals surface area contributed by atoms with Crippen LogP contribution < -0.4 is 10.1 Å². The third-order valence-corrected chi connectivity index (χ3v) is 7.69. The molecule has 0 aliphatic rings. The predicted molar refractivity (Wildman–Crippen MR) is 121 cm³/mol. The standard InChI is InChI=1S/C23H16F4N2O4S2/c24-18-6-5-17(10-19(18)33-13-23(25,26)27)35(31,32)16-3-1-14(2-4-16)11-29-22(30)20-9-15-7-8-28-12-21(15)34-20/h1-10,12H,11,13H2,(H,29,30). The maximum atomic E-state index is 13.8. The van der Waals surface area contributed by atoms with Gasteiger partial charge in [0.25, 0.3) is 5.91 Å². The number of halogens is 4. The lowest BCUT2D eigenvalue weighted by molar-refractivity contribution is -0.153. The highest BCUT2D eigenvalue weighted by Crippen LogP contribution is 2.28. The van der Waals surface area contributed by atoms with Crippen molar-refractivity contribution in [1.29, 1.82) is 0 Å². The summed E-state index contributed by atoms with van der Waals surface area (Å²) in [7, 11) is -4.16. The average molecular weight is 525 g/mol. The van der Waals surface area contributed by atoms with Gasteiger partial charge in [0.05, 0.1) is 19.4 Å². The van der Waals surface area contributed by atoms with Gasteiger partial charge in [-0.25, -0.2) is 12.8 Å². The van der Waals surface area contributed by atoms with E-state index in [-0.39, 0.29) is 17.3 Å². The van der Waals surface area contributed by atoms with Gasteiger partial charge in [-0.05, 0) is 47.3 Å². The average Bonchev–Trinajstić information content (AvgIpc) is 3.26. The van der Waals surface area contributed by atoms with Crippen LogP contribution in [0.25, 0.3) is 10.1 Å². The van der Waals surface area contributed by atoms with Crippen molar-refractivity contribution in [2.45, 2.75) is 22.5 Å². The molecule has 4 rings (SSSR count). The third kappa shape index (κ3) is 5.77. The number of pyridine rings is 1. The van der Waals surface area contributed by atoms with E-state index in [4.69, 9.17) is 0 Å². The van der Waals surface area contributed by atoms with Gasteiger partial charge in [-0.15, -0.1) is 11.3 Å². The molecule has 0 aliphatic heterocycles. The second-order valence-electron chi connectivity index (χ2n) is 7.35. The van der Waals surface area contributed by atoms with Gasteiger partial charge in [0.15, 0.2) is 18.2 Å². The molecule has 0 saturated heterocycles. The molecule has 0 spiro atoms. The Morgan fingerprint density at radius 2 is 1.74 bits per heavy atom. The number of amides is 1. The molecule has 4 aromatic rings. The van der Waals surface area contributed by atoms with Crippen LogP contribution in [0.1, 0.15) is 15.2 Å². The Bertz CT molecular complexity index is 1450. The van der Waals surface area contributed by atoms with Crippen LogP contribution in [0.2, 0.25) is 0 Å². The maximum absolute atomic E-state index is 13.8. The van der Waals surface area contributed by atoms with Gasteiger partial charge in [-0.2, -0.15) is 13.2 Å². The fourth-order valence-electron chi connectivity index (χ4n) is 3.11. The van der Waals surface area contributed by atoms with Crippen LogP contribution in [-0.2, 0) is 16.4 Å². The summed E-state index contributed by atoms with van der Waals surface area (Å²) >= 11 is 1.30. The molecule has 0 bridgehead atoms. The highest BCUT2D eigenvalue weighted by molar-refractivity contribution is 7.91. The number of aromatic nitrogens is 1. The zero-order chi connectivity index (χ0) is 25.2. The van der Waals surface area contributed by atoms with Crippen molar-refractivity contribution in [2.75, 3.05) is 6.61 Å². The molecule has 2 aromatic carbocycles. The molecule has 12 heteroatoms. The van der Waals surface area contributed by atoms with Crippen molar-refractivity contribution in [3.05, 3.63) is 83.2 Å². The minimum atomic E-state index is -4.71. The van der Waals surface area contributed by atoms with Crippen LogP contribution in [0, 0.1) is 5.82 Å². The summed E-state index contributed by atoms with van der Waals surface area (Å²) in [5, 5.41) is 3.66. The van der Waals surface area contributed by atoms with Crippen LogP contribution in [-0.4, -0.2) is 32.1 Å². The molecule has 0 saturated carbocycles. The first-order chi connectivity index (χ1) is 16.5. The molecule has 0 atom stereocenters. The monoisotopic (exact) mass is 524 g/mol. The Hall–Kier alpha value is -3.51. The van der Waals surface area contributed by atoms with Crippen LogP contribution in [0.3, 0.4) is 0 Å². The second kappa shape index (κ2) is 9.62. The predicted octanol–water partition coefficient (Wildman–Crippen LogP) is 5.14. The summed E-state index contributed by atoms with van der Waals surface area (Å²) < 4.78 is 81.9. The van der Waals surface area contributed by atoms with E-state index in [0.29, 0.717) is 16.5 Å². The molecule has 2 aromatic heterocycles. The van der Waals surface area contributed by atoms with Crippen LogP contribution in [0.5, 0.6) is 5.75 Å². The number of hydrogen-bond acceptors (Lipinski definition) is 6. The number of nitrogens with one attached hydrogen (secondary N) is 1. The fraction of sp³-hybridized carbons (Fsp3) is 0.130. The zero-order valence-corrected chi connectivity index (χ0v) is 19.3. The number of sulfone groups is 1. The number of carbonyl (C=O) groups excluding carboxylic acids is 1. The van der Waals surface area contributed by atoms with E-state index in [1.807, 2.05) is 0 Å². The Morgan fingerprint density at radius 1 is 1.03 bits per heavy atom. The Balaban J connectivity index is 1.45. The number of benzene rings is 2. The van der Waals surface area contributed by atoms with Gasteiger partial charge >= 0.3 is 6.18 Å². The van der Waals surface area contributed by atoms with Crippen LogP contribution in [0.4, 0.5) is 17.6 Å². The molecular weight excluding hydrogens is 508 g/mol. The highest BCUT2D eigenvalue weighted by atomic mass is 32.2. The first-order valence-electron chi connectivity index (χ1n) is 9.98. The van der Waals surface area contributed by atoms with Crippen LogP contribution >= 0.6 is 11.3 Å². The fourth-order valence-corrected chi connectivity index (χ4v) is 5.33. The smallest absolute Gasteiger partial charge is 0.422 e. The summed E-state index contributed by atoms with van der Waals surface area (Å²) in [6.07, 6.45) is -1.40. The van der Waals surface area contributed by atoms with Crippen molar-refractivity contribution < 1.29 is 35.5 Å². The van der Waals surface area contributed by atoms with Crippen molar-refractivity contribution in [3.8, 4) is 5.75 Å². The molecule has 2 heterocycles. The molecule has 1 N–H and O–H groups in total. The molecule has 0 fully saturated rings. The van der Waals surface area contributed by atoms with Gasteiger partial charge in [-0.1, -0.05) is 12.1 Å².